The fourth-order valence-corrected chi connectivity index (χ4v) is 2.30. The highest BCUT2D eigenvalue weighted by Gasteiger charge is 2.14. The molecule has 1 rings (SSSR count). The predicted octanol–water partition coefficient (Wildman–Crippen LogP) is 3.31. The second-order valence-corrected chi connectivity index (χ2v) is 5.83. The average molecular weight is 375 g/mol. The SMILES string of the molecule is CCCCCCN(CCO)C(=O)c1ccc(I)cc1. The van der Waals surface area contributed by atoms with Crippen LogP contribution in [0.2, 0.25) is 0 Å². The van der Waals surface area contributed by atoms with Crippen molar-refractivity contribution in [1.29, 1.82) is 0 Å². The molecule has 0 fully saturated rings. The first-order valence-electron chi connectivity index (χ1n) is 6.84. The zero-order chi connectivity index (χ0) is 14.1. The normalized spacial score (nSPS) is 10.5. The number of aliphatic hydroxyl groups is 1. The molecule has 0 aromatic heterocycles. The van der Waals surface area contributed by atoms with Crippen LogP contribution in [0, 0.1) is 3.57 Å². The van der Waals surface area contributed by atoms with Crippen molar-refractivity contribution in [2.45, 2.75) is 32.6 Å². The molecule has 0 aliphatic heterocycles. The Morgan fingerprint density at radius 2 is 1.84 bits per heavy atom. The molecule has 0 atom stereocenters. The van der Waals surface area contributed by atoms with Crippen LogP contribution in [-0.4, -0.2) is 35.6 Å². The highest BCUT2D eigenvalue weighted by Crippen LogP contribution is 2.10. The quantitative estimate of drug-likeness (QED) is 0.560. The van der Waals surface area contributed by atoms with Gasteiger partial charge in [0.25, 0.3) is 5.91 Å². The minimum Gasteiger partial charge on any atom is -0.395 e. The summed E-state index contributed by atoms with van der Waals surface area (Å²) in [4.78, 5) is 14.1. The summed E-state index contributed by atoms with van der Waals surface area (Å²) in [7, 11) is 0. The number of aliphatic hydroxyl groups excluding tert-OH is 1. The molecule has 1 aromatic carbocycles. The molecule has 0 aliphatic rings. The van der Waals surface area contributed by atoms with E-state index in [2.05, 4.69) is 29.5 Å². The van der Waals surface area contributed by atoms with Gasteiger partial charge in [-0.15, -0.1) is 0 Å². The molecular formula is C15H22INO2. The van der Waals surface area contributed by atoms with Gasteiger partial charge >= 0.3 is 0 Å². The standard InChI is InChI=1S/C15H22INO2/c1-2-3-4-5-10-17(11-12-18)15(19)13-6-8-14(16)9-7-13/h6-9,18H,2-5,10-12H2,1H3. The third kappa shape index (κ3) is 5.91. The molecule has 0 aliphatic carbocycles. The number of benzene rings is 1. The molecule has 1 aromatic rings. The van der Waals surface area contributed by atoms with Gasteiger partial charge in [0.05, 0.1) is 6.61 Å². The van der Waals surface area contributed by atoms with E-state index in [4.69, 9.17) is 5.11 Å². The largest absolute Gasteiger partial charge is 0.395 e. The van der Waals surface area contributed by atoms with Gasteiger partial charge in [0.15, 0.2) is 0 Å². The molecule has 0 unspecified atom stereocenters. The Kier molecular flexibility index (Phi) is 8.05. The van der Waals surface area contributed by atoms with Crippen molar-refractivity contribution >= 4 is 28.5 Å². The monoisotopic (exact) mass is 375 g/mol. The minimum atomic E-state index is 0.0157. The van der Waals surface area contributed by atoms with Crippen molar-refractivity contribution in [3.8, 4) is 0 Å². The number of halogens is 1. The second kappa shape index (κ2) is 9.31. The van der Waals surface area contributed by atoms with Crippen LogP contribution in [-0.2, 0) is 0 Å². The van der Waals surface area contributed by atoms with E-state index in [1.807, 2.05) is 24.3 Å². The van der Waals surface area contributed by atoms with Crippen molar-refractivity contribution < 1.29 is 9.90 Å². The summed E-state index contributed by atoms with van der Waals surface area (Å²) in [6.45, 7) is 3.33. The van der Waals surface area contributed by atoms with Gasteiger partial charge in [-0.1, -0.05) is 26.2 Å². The number of hydrogen-bond acceptors (Lipinski definition) is 2. The third-order valence-corrected chi connectivity index (χ3v) is 3.75. The number of nitrogens with zero attached hydrogens (tertiary/aromatic N) is 1. The first-order valence-corrected chi connectivity index (χ1v) is 7.92. The van der Waals surface area contributed by atoms with Gasteiger partial charge in [-0.05, 0) is 53.3 Å². The zero-order valence-electron chi connectivity index (χ0n) is 11.4. The third-order valence-electron chi connectivity index (χ3n) is 3.03. The van der Waals surface area contributed by atoms with E-state index in [0.717, 1.165) is 23.0 Å². The van der Waals surface area contributed by atoms with E-state index in [9.17, 15) is 4.79 Å². The Labute approximate surface area is 129 Å². The lowest BCUT2D eigenvalue weighted by atomic mass is 10.1. The summed E-state index contributed by atoms with van der Waals surface area (Å²) in [5.74, 6) is 0.0157. The molecular weight excluding hydrogens is 353 g/mol. The molecule has 3 nitrogen and oxygen atoms in total. The summed E-state index contributed by atoms with van der Waals surface area (Å²) < 4.78 is 1.12. The molecule has 106 valence electrons. The number of hydrogen-bond donors (Lipinski definition) is 1. The van der Waals surface area contributed by atoms with Gasteiger partial charge in [0, 0.05) is 22.2 Å². The van der Waals surface area contributed by atoms with Crippen molar-refractivity contribution in [3.05, 3.63) is 33.4 Å². The van der Waals surface area contributed by atoms with Gasteiger partial charge in [0.1, 0.15) is 0 Å². The summed E-state index contributed by atoms with van der Waals surface area (Å²) in [6, 6.07) is 7.56. The highest BCUT2D eigenvalue weighted by atomic mass is 127. The lowest BCUT2D eigenvalue weighted by Gasteiger charge is -2.21. The molecule has 0 saturated heterocycles. The van der Waals surface area contributed by atoms with E-state index in [-0.39, 0.29) is 12.5 Å². The fourth-order valence-electron chi connectivity index (χ4n) is 1.94. The maximum absolute atomic E-state index is 12.3. The maximum Gasteiger partial charge on any atom is 0.253 e. The van der Waals surface area contributed by atoms with E-state index in [1.165, 1.54) is 12.8 Å². The lowest BCUT2D eigenvalue weighted by molar-refractivity contribution is 0.0718. The first kappa shape index (κ1) is 16.4. The number of carbonyl (C=O) groups excluding carboxylic acids is 1. The molecule has 0 radical (unpaired) electrons. The Bertz CT molecular complexity index is 378. The number of carbonyl (C=O) groups is 1. The minimum absolute atomic E-state index is 0.0157. The molecule has 1 N–H and O–H groups in total. The average Bonchev–Trinajstić information content (AvgIpc) is 2.42. The van der Waals surface area contributed by atoms with Crippen LogP contribution in [0.4, 0.5) is 0 Å². The summed E-state index contributed by atoms with van der Waals surface area (Å²) in [5.41, 5.74) is 0.698. The van der Waals surface area contributed by atoms with Gasteiger partial charge < -0.3 is 10.0 Å². The number of rotatable bonds is 8. The lowest BCUT2D eigenvalue weighted by Crippen LogP contribution is -2.34. The Morgan fingerprint density at radius 3 is 2.42 bits per heavy atom. The van der Waals surface area contributed by atoms with Crippen LogP contribution >= 0.6 is 22.6 Å². The number of unbranched alkanes of at least 4 members (excludes halogenated alkanes) is 3. The molecule has 0 saturated carbocycles. The first-order chi connectivity index (χ1) is 9.19. The Hall–Kier alpha value is -0.620. The molecule has 19 heavy (non-hydrogen) atoms. The zero-order valence-corrected chi connectivity index (χ0v) is 13.6. The summed E-state index contributed by atoms with van der Waals surface area (Å²) in [6.07, 6.45) is 4.53. The molecule has 0 heterocycles. The molecule has 1 amide bonds. The Morgan fingerprint density at radius 1 is 1.16 bits per heavy atom. The van der Waals surface area contributed by atoms with Gasteiger partial charge in [-0.3, -0.25) is 4.79 Å². The van der Waals surface area contributed by atoms with Gasteiger partial charge in [-0.2, -0.15) is 0 Å². The van der Waals surface area contributed by atoms with Gasteiger partial charge in [-0.25, -0.2) is 0 Å². The topological polar surface area (TPSA) is 40.5 Å². The van der Waals surface area contributed by atoms with Crippen LogP contribution in [0.15, 0.2) is 24.3 Å². The van der Waals surface area contributed by atoms with Crippen LogP contribution in [0.1, 0.15) is 43.0 Å². The summed E-state index contributed by atoms with van der Waals surface area (Å²) in [5, 5.41) is 9.08. The van der Waals surface area contributed by atoms with E-state index in [1.54, 1.807) is 4.90 Å². The van der Waals surface area contributed by atoms with Gasteiger partial charge in [0.2, 0.25) is 0 Å². The molecule has 0 bridgehead atoms. The summed E-state index contributed by atoms with van der Waals surface area (Å²) >= 11 is 2.22. The molecule has 4 heteroatoms. The second-order valence-electron chi connectivity index (χ2n) is 4.58. The Balaban J connectivity index is 2.58. The van der Waals surface area contributed by atoms with E-state index >= 15 is 0 Å². The molecule has 0 spiro atoms. The van der Waals surface area contributed by atoms with Crippen molar-refractivity contribution in [2.24, 2.45) is 0 Å². The number of amides is 1. The van der Waals surface area contributed by atoms with Crippen LogP contribution in [0.5, 0.6) is 0 Å². The van der Waals surface area contributed by atoms with Crippen LogP contribution in [0.3, 0.4) is 0 Å². The van der Waals surface area contributed by atoms with Crippen molar-refractivity contribution in [3.63, 3.8) is 0 Å². The smallest absolute Gasteiger partial charge is 0.253 e. The maximum atomic E-state index is 12.3. The van der Waals surface area contributed by atoms with Crippen molar-refractivity contribution in [2.75, 3.05) is 19.7 Å². The van der Waals surface area contributed by atoms with Crippen LogP contribution < -0.4 is 0 Å². The van der Waals surface area contributed by atoms with Crippen molar-refractivity contribution in [1.82, 2.24) is 4.90 Å². The highest BCUT2D eigenvalue weighted by molar-refractivity contribution is 14.1. The van der Waals surface area contributed by atoms with E-state index in [0.29, 0.717) is 12.1 Å². The fraction of sp³-hybridized carbons (Fsp3) is 0.533. The van der Waals surface area contributed by atoms with Crippen LogP contribution in [0.25, 0.3) is 0 Å². The van der Waals surface area contributed by atoms with E-state index < -0.39 is 0 Å². The predicted molar refractivity (Wildman–Crippen MR) is 86.3 cm³/mol.